The van der Waals surface area contributed by atoms with Crippen molar-refractivity contribution in [2.75, 3.05) is 26.2 Å². The summed E-state index contributed by atoms with van der Waals surface area (Å²) >= 11 is 0. The highest BCUT2D eigenvalue weighted by molar-refractivity contribution is 5.76. The summed E-state index contributed by atoms with van der Waals surface area (Å²) in [7, 11) is 0. The van der Waals surface area contributed by atoms with Gasteiger partial charge in [0.15, 0.2) is 11.6 Å². The minimum Gasteiger partial charge on any atom is -0.341 e. The summed E-state index contributed by atoms with van der Waals surface area (Å²) in [5.74, 6) is -0.325. The van der Waals surface area contributed by atoms with E-state index in [9.17, 15) is 13.6 Å². The predicted octanol–water partition coefficient (Wildman–Crippen LogP) is 2.32. The van der Waals surface area contributed by atoms with Crippen molar-refractivity contribution in [1.82, 2.24) is 24.6 Å². The second kappa shape index (κ2) is 8.34. The number of hydrogen-bond acceptors (Lipinski definition) is 4. The van der Waals surface area contributed by atoms with Crippen LogP contribution in [0.15, 0.2) is 30.9 Å². The van der Waals surface area contributed by atoms with Crippen molar-refractivity contribution in [2.24, 2.45) is 11.8 Å². The van der Waals surface area contributed by atoms with E-state index in [0.717, 1.165) is 51.5 Å². The van der Waals surface area contributed by atoms with Gasteiger partial charge in [0.25, 0.3) is 0 Å². The quantitative estimate of drug-likeness (QED) is 0.788. The summed E-state index contributed by atoms with van der Waals surface area (Å²) in [6.07, 6.45) is 6.10. The zero-order chi connectivity index (χ0) is 19.5. The Morgan fingerprint density at radius 1 is 1.11 bits per heavy atom. The largest absolute Gasteiger partial charge is 0.341 e. The molecule has 1 atom stereocenters. The number of carbonyl (C=O) groups is 1. The summed E-state index contributed by atoms with van der Waals surface area (Å²) in [5.41, 5.74) is 0.421. The van der Waals surface area contributed by atoms with Gasteiger partial charge in [-0.3, -0.25) is 9.69 Å². The number of piperidine rings is 1. The van der Waals surface area contributed by atoms with Crippen LogP contribution in [0.1, 0.15) is 24.8 Å². The molecule has 2 aliphatic rings. The molecule has 4 rings (SSSR count). The lowest BCUT2D eigenvalue weighted by Gasteiger charge is -2.35. The highest BCUT2D eigenvalue weighted by Gasteiger charge is 2.33. The number of halogens is 2. The topological polar surface area (TPSA) is 54.3 Å². The second-order valence-electron chi connectivity index (χ2n) is 7.81. The van der Waals surface area contributed by atoms with Gasteiger partial charge >= 0.3 is 0 Å². The normalized spacial score (nSPS) is 21.4. The lowest BCUT2D eigenvalue weighted by Crippen LogP contribution is -2.37. The van der Waals surface area contributed by atoms with Crippen LogP contribution in [0.4, 0.5) is 8.78 Å². The van der Waals surface area contributed by atoms with Crippen LogP contribution in [0.5, 0.6) is 0 Å². The van der Waals surface area contributed by atoms with Crippen molar-refractivity contribution in [2.45, 2.75) is 32.4 Å². The third-order valence-corrected chi connectivity index (χ3v) is 6.07. The van der Waals surface area contributed by atoms with Crippen molar-refractivity contribution in [1.29, 1.82) is 0 Å². The second-order valence-corrected chi connectivity index (χ2v) is 7.81. The molecule has 1 aromatic heterocycles. The van der Waals surface area contributed by atoms with Crippen LogP contribution in [-0.2, 0) is 17.9 Å². The fraction of sp³-hybridized carbons (Fsp3) is 0.550. The van der Waals surface area contributed by atoms with Gasteiger partial charge in [0, 0.05) is 25.2 Å². The van der Waals surface area contributed by atoms with Crippen LogP contribution in [0.25, 0.3) is 0 Å². The molecule has 150 valence electrons. The Bertz CT molecular complexity index is 805. The first-order chi connectivity index (χ1) is 13.6. The first kappa shape index (κ1) is 19.0. The van der Waals surface area contributed by atoms with Gasteiger partial charge < -0.3 is 4.90 Å². The standard InChI is InChI=1S/C20H25F2N5O/c21-18-3-1-2-17(20(18)22)10-25-7-4-15(5-8-25)16-6-9-26(11-16)19(28)12-27-14-23-13-24-27/h1-3,13-16H,4-12H2. The molecule has 0 spiro atoms. The third kappa shape index (κ3) is 4.22. The predicted molar refractivity (Wildman–Crippen MR) is 99.1 cm³/mol. The highest BCUT2D eigenvalue weighted by Crippen LogP contribution is 2.32. The zero-order valence-electron chi connectivity index (χ0n) is 15.8. The Hall–Kier alpha value is -2.35. The van der Waals surface area contributed by atoms with Gasteiger partial charge in [-0.15, -0.1) is 0 Å². The molecule has 2 saturated heterocycles. The molecule has 2 aliphatic heterocycles. The maximum atomic E-state index is 13.9. The van der Waals surface area contributed by atoms with Gasteiger partial charge in [-0.2, -0.15) is 5.10 Å². The first-order valence-corrected chi connectivity index (χ1v) is 9.85. The van der Waals surface area contributed by atoms with Crippen LogP contribution in [0, 0.1) is 23.5 Å². The maximum absolute atomic E-state index is 13.9. The Labute approximate surface area is 163 Å². The molecule has 3 heterocycles. The van der Waals surface area contributed by atoms with Crippen LogP contribution >= 0.6 is 0 Å². The molecule has 0 aliphatic carbocycles. The molecule has 2 fully saturated rings. The lowest BCUT2D eigenvalue weighted by molar-refractivity contribution is -0.131. The summed E-state index contributed by atoms with van der Waals surface area (Å²) in [5, 5.41) is 3.99. The molecule has 0 bridgehead atoms. The van der Waals surface area contributed by atoms with E-state index in [1.54, 1.807) is 23.1 Å². The molecule has 1 aromatic carbocycles. The number of aromatic nitrogens is 3. The summed E-state index contributed by atoms with van der Waals surface area (Å²) in [6.45, 7) is 4.05. The van der Waals surface area contributed by atoms with Crippen molar-refractivity contribution < 1.29 is 13.6 Å². The average Bonchev–Trinajstić information content (AvgIpc) is 3.38. The molecule has 1 unspecified atom stereocenters. The van der Waals surface area contributed by atoms with Crippen LogP contribution in [0.2, 0.25) is 0 Å². The molecular weight excluding hydrogens is 364 g/mol. The number of amides is 1. The Balaban J connectivity index is 1.25. The van der Waals surface area contributed by atoms with Gasteiger partial charge in [-0.25, -0.2) is 18.4 Å². The smallest absolute Gasteiger partial charge is 0.244 e. The van der Waals surface area contributed by atoms with Crippen LogP contribution in [-0.4, -0.2) is 56.7 Å². The van der Waals surface area contributed by atoms with E-state index in [4.69, 9.17) is 0 Å². The lowest BCUT2D eigenvalue weighted by atomic mass is 9.83. The number of nitrogens with zero attached hydrogens (tertiary/aromatic N) is 5. The van der Waals surface area contributed by atoms with E-state index >= 15 is 0 Å². The molecule has 28 heavy (non-hydrogen) atoms. The van der Waals surface area contributed by atoms with Gasteiger partial charge in [0.05, 0.1) is 0 Å². The SMILES string of the molecule is O=C(Cn1cncn1)N1CCC(C2CCN(Cc3cccc(F)c3F)CC2)C1. The van der Waals surface area contributed by atoms with Crippen LogP contribution < -0.4 is 0 Å². The van der Waals surface area contributed by atoms with Crippen LogP contribution in [0.3, 0.4) is 0 Å². The molecule has 0 saturated carbocycles. The van der Waals surface area contributed by atoms with Gasteiger partial charge in [-0.1, -0.05) is 12.1 Å². The minimum atomic E-state index is -0.783. The van der Waals surface area contributed by atoms with Crippen molar-refractivity contribution in [3.05, 3.63) is 48.1 Å². The minimum absolute atomic E-state index is 0.0898. The molecular formula is C20H25F2N5O. The monoisotopic (exact) mass is 389 g/mol. The average molecular weight is 389 g/mol. The van der Waals surface area contributed by atoms with E-state index in [1.807, 2.05) is 4.90 Å². The molecule has 6 nitrogen and oxygen atoms in total. The summed E-state index contributed by atoms with van der Waals surface area (Å²) in [4.78, 5) is 20.4. The Kier molecular flexibility index (Phi) is 5.66. The van der Waals surface area contributed by atoms with Crippen molar-refractivity contribution in [3.63, 3.8) is 0 Å². The van der Waals surface area contributed by atoms with Gasteiger partial charge in [0.1, 0.15) is 19.2 Å². The zero-order valence-corrected chi connectivity index (χ0v) is 15.8. The number of likely N-dealkylation sites (tertiary alicyclic amines) is 2. The number of carbonyl (C=O) groups excluding carboxylic acids is 1. The van der Waals surface area contributed by atoms with E-state index in [-0.39, 0.29) is 12.5 Å². The Morgan fingerprint density at radius 3 is 2.64 bits per heavy atom. The Morgan fingerprint density at radius 2 is 1.89 bits per heavy atom. The van der Waals surface area contributed by atoms with E-state index in [1.165, 1.54) is 6.33 Å². The van der Waals surface area contributed by atoms with E-state index < -0.39 is 11.6 Å². The molecule has 8 heteroatoms. The number of rotatable bonds is 5. The van der Waals surface area contributed by atoms with Gasteiger partial charge in [-0.05, 0) is 50.3 Å². The summed E-state index contributed by atoms with van der Waals surface area (Å²) in [6, 6.07) is 4.37. The maximum Gasteiger partial charge on any atom is 0.244 e. The molecule has 0 N–H and O–H groups in total. The highest BCUT2D eigenvalue weighted by atomic mass is 19.2. The van der Waals surface area contributed by atoms with E-state index in [2.05, 4.69) is 15.0 Å². The third-order valence-electron chi connectivity index (χ3n) is 6.07. The fourth-order valence-electron chi connectivity index (χ4n) is 4.45. The molecule has 1 amide bonds. The number of hydrogen-bond donors (Lipinski definition) is 0. The van der Waals surface area contributed by atoms with E-state index in [0.29, 0.717) is 23.9 Å². The fourth-order valence-corrected chi connectivity index (χ4v) is 4.45. The number of benzene rings is 1. The first-order valence-electron chi connectivity index (χ1n) is 9.85. The van der Waals surface area contributed by atoms with Crippen molar-refractivity contribution in [3.8, 4) is 0 Å². The summed E-state index contributed by atoms with van der Waals surface area (Å²) < 4.78 is 28.8. The molecule has 0 radical (unpaired) electrons. The molecule has 2 aromatic rings. The van der Waals surface area contributed by atoms with Crippen molar-refractivity contribution >= 4 is 5.91 Å². The van der Waals surface area contributed by atoms with Gasteiger partial charge in [0.2, 0.25) is 5.91 Å².